The van der Waals surface area contributed by atoms with E-state index >= 15 is 0 Å². The van der Waals surface area contributed by atoms with E-state index in [1.54, 1.807) is 48.5 Å². The first-order valence-corrected chi connectivity index (χ1v) is 16.0. The molecule has 5 aromatic rings. The smallest absolute Gasteiger partial charge is 0.301 e. The SMILES string of the molecule is O=C1C(=O)N(c2nnc(SCc3ccc(Cl)cc3)s2)C(c2cccc(OCc3ccccc3)c2)/C1=C(\O)c1ccc(Cl)cc1. The summed E-state index contributed by atoms with van der Waals surface area (Å²) in [6.07, 6.45) is 0. The lowest BCUT2D eigenvalue weighted by Gasteiger charge is -2.23. The number of amides is 1. The number of aromatic nitrogens is 2. The highest BCUT2D eigenvalue weighted by Gasteiger charge is 2.48. The maximum atomic E-state index is 13.6. The van der Waals surface area contributed by atoms with E-state index in [-0.39, 0.29) is 16.5 Å². The largest absolute Gasteiger partial charge is 0.507 e. The van der Waals surface area contributed by atoms with Gasteiger partial charge in [0, 0.05) is 21.4 Å². The number of aliphatic hydroxyl groups excluding tert-OH is 1. The molecular weight excluding hydrogens is 637 g/mol. The van der Waals surface area contributed by atoms with Gasteiger partial charge in [-0.25, -0.2) is 0 Å². The molecule has 1 atom stereocenters. The third-order valence-corrected chi connectivity index (χ3v) is 9.49. The summed E-state index contributed by atoms with van der Waals surface area (Å²) in [4.78, 5) is 28.5. The molecule has 1 fully saturated rings. The van der Waals surface area contributed by atoms with Crippen molar-refractivity contribution in [3.05, 3.63) is 141 Å². The minimum absolute atomic E-state index is 0.0666. The number of hydrogen-bond acceptors (Lipinski definition) is 8. The second-order valence-corrected chi connectivity index (χ2v) is 12.8. The van der Waals surface area contributed by atoms with Crippen molar-refractivity contribution in [3.63, 3.8) is 0 Å². The molecule has 0 bridgehead atoms. The van der Waals surface area contributed by atoms with Crippen LogP contribution in [0.2, 0.25) is 10.0 Å². The molecule has 2 heterocycles. The number of rotatable bonds is 9. The van der Waals surface area contributed by atoms with Crippen LogP contribution in [0.4, 0.5) is 5.13 Å². The van der Waals surface area contributed by atoms with Crippen molar-refractivity contribution in [1.82, 2.24) is 10.2 Å². The van der Waals surface area contributed by atoms with Crippen LogP contribution in [0.1, 0.15) is 28.3 Å². The number of ketones is 1. The van der Waals surface area contributed by atoms with Gasteiger partial charge in [-0.2, -0.15) is 0 Å². The molecule has 0 spiro atoms. The Morgan fingerprint density at radius 3 is 2.30 bits per heavy atom. The summed E-state index contributed by atoms with van der Waals surface area (Å²) in [6.45, 7) is 0.333. The number of thioether (sulfide) groups is 1. The standard InChI is InChI=1S/C33H23Cl2N3O4S2/c34-24-13-9-21(10-14-24)19-43-33-37-36-32(44-33)38-28(23-7-4-8-26(17-23)42-18-20-5-2-1-3-6-20)27(30(40)31(38)41)29(39)22-11-15-25(35)16-12-22/h1-17,28,39H,18-19H2/b29-27+. The van der Waals surface area contributed by atoms with Crippen LogP contribution in [0, 0.1) is 0 Å². The first-order chi connectivity index (χ1) is 21.4. The number of aliphatic hydroxyl groups is 1. The number of ether oxygens (including phenoxy) is 1. The van der Waals surface area contributed by atoms with Crippen LogP contribution in [0.3, 0.4) is 0 Å². The lowest BCUT2D eigenvalue weighted by molar-refractivity contribution is -0.132. The Labute approximate surface area is 271 Å². The first-order valence-electron chi connectivity index (χ1n) is 13.4. The zero-order chi connectivity index (χ0) is 30.6. The average Bonchev–Trinajstić information content (AvgIpc) is 3.62. The van der Waals surface area contributed by atoms with Crippen LogP contribution in [0.15, 0.2) is 113 Å². The second kappa shape index (κ2) is 13.2. The molecular formula is C33H23Cl2N3O4S2. The number of benzene rings is 4. The average molecular weight is 661 g/mol. The Balaban J connectivity index is 1.36. The molecule has 11 heteroatoms. The number of anilines is 1. The van der Waals surface area contributed by atoms with E-state index in [0.717, 1.165) is 11.1 Å². The third-order valence-electron chi connectivity index (χ3n) is 6.86. The van der Waals surface area contributed by atoms with Gasteiger partial charge in [0.15, 0.2) is 4.34 Å². The van der Waals surface area contributed by atoms with E-state index in [1.807, 2.05) is 54.6 Å². The van der Waals surface area contributed by atoms with Crippen molar-refractivity contribution >= 4 is 68.9 Å². The zero-order valence-corrected chi connectivity index (χ0v) is 26.0. The lowest BCUT2D eigenvalue weighted by atomic mass is 9.95. The Kier molecular flexibility index (Phi) is 8.99. The maximum Gasteiger partial charge on any atom is 0.301 e. The highest BCUT2D eigenvalue weighted by Crippen LogP contribution is 2.44. The number of Topliss-reactive ketones (excluding diaryl/α,β-unsaturated/α-hetero) is 1. The van der Waals surface area contributed by atoms with Crippen molar-refractivity contribution in [2.24, 2.45) is 0 Å². The molecule has 6 rings (SSSR count). The number of halogens is 2. The van der Waals surface area contributed by atoms with Gasteiger partial charge >= 0.3 is 5.91 Å². The minimum Gasteiger partial charge on any atom is -0.507 e. The summed E-state index contributed by atoms with van der Waals surface area (Å²) in [6, 6.07) is 29.8. The topological polar surface area (TPSA) is 92.6 Å². The van der Waals surface area contributed by atoms with E-state index in [9.17, 15) is 14.7 Å². The molecule has 220 valence electrons. The van der Waals surface area contributed by atoms with Crippen LogP contribution in [0.5, 0.6) is 5.75 Å². The van der Waals surface area contributed by atoms with Gasteiger partial charge in [0.2, 0.25) is 5.13 Å². The Hall–Kier alpha value is -4.15. The fraction of sp³-hybridized carbons (Fsp3) is 0.0909. The molecule has 4 aromatic carbocycles. The number of carbonyl (C=O) groups excluding carboxylic acids is 2. The summed E-state index contributed by atoms with van der Waals surface area (Å²) in [7, 11) is 0. The van der Waals surface area contributed by atoms with Crippen LogP contribution in [0.25, 0.3) is 5.76 Å². The highest BCUT2D eigenvalue weighted by atomic mass is 35.5. The molecule has 7 nitrogen and oxygen atoms in total. The fourth-order valence-corrected chi connectivity index (χ4v) is 6.78. The van der Waals surface area contributed by atoms with Crippen molar-refractivity contribution < 1.29 is 19.4 Å². The van der Waals surface area contributed by atoms with Gasteiger partial charge < -0.3 is 9.84 Å². The molecule has 0 radical (unpaired) electrons. The monoisotopic (exact) mass is 659 g/mol. The van der Waals surface area contributed by atoms with Crippen molar-refractivity contribution in [2.75, 3.05) is 4.90 Å². The zero-order valence-electron chi connectivity index (χ0n) is 22.9. The van der Waals surface area contributed by atoms with Gasteiger partial charge in [-0.15, -0.1) is 10.2 Å². The summed E-state index contributed by atoms with van der Waals surface area (Å²) < 4.78 is 6.67. The minimum atomic E-state index is -0.979. The van der Waals surface area contributed by atoms with Crippen molar-refractivity contribution in [3.8, 4) is 5.75 Å². The summed E-state index contributed by atoms with van der Waals surface area (Å²) in [5.41, 5.74) is 2.89. The Morgan fingerprint density at radius 1 is 0.864 bits per heavy atom. The highest BCUT2D eigenvalue weighted by molar-refractivity contribution is 8.00. The van der Waals surface area contributed by atoms with Gasteiger partial charge in [0.25, 0.3) is 5.78 Å². The van der Waals surface area contributed by atoms with Crippen LogP contribution >= 0.6 is 46.3 Å². The first kappa shape index (κ1) is 29.9. The third kappa shape index (κ3) is 6.51. The van der Waals surface area contributed by atoms with Crippen LogP contribution in [-0.2, 0) is 21.9 Å². The van der Waals surface area contributed by atoms with E-state index in [0.29, 0.717) is 43.6 Å². The molecule has 1 aromatic heterocycles. The summed E-state index contributed by atoms with van der Waals surface area (Å²) in [5, 5.41) is 21.3. The van der Waals surface area contributed by atoms with E-state index < -0.39 is 17.7 Å². The summed E-state index contributed by atoms with van der Waals surface area (Å²) >= 11 is 14.7. The Morgan fingerprint density at radius 2 is 1.57 bits per heavy atom. The molecule has 1 unspecified atom stereocenters. The molecule has 1 aliphatic heterocycles. The van der Waals surface area contributed by atoms with Gasteiger partial charge in [0.1, 0.15) is 18.1 Å². The number of hydrogen-bond donors (Lipinski definition) is 1. The number of carbonyl (C=O) groups is 2. The normalized spacial score (nSPS) is 16.0. The molecule has 1 saturated heterocycles. The van der Waals surface area contributed by atoms with Gasteiger partial charge in [0.05, 0.1) is 11.6 Å². The van der Waals surface area contributed by atoms with Gasteiger partial charge in [-0.3, -0.25) is 14.5 Å². The maximum absolute atomic E-state index is 13.6. The van der Waals surface area contributed by atoms with Gasteiger partial charge in [-0.1, -0.05) is 101 Å². The second-order valence-electron chi connectivity index (χ2n) is 9.79. The van der Waals surface area contributed by atoms with Gasteiger partial charge in [-0.05, 0) is 65.2 Å². The molecule has 0 aliphatic carbocycles. The predicted octanol–water partition coefficient (Wildman–Crippen LogP) is 8.34. The quantitative estimate of drug-likeness (QED) is 0.0559. The van der Waals surface area contributed by atoms with Crippen molar-refractivity contribution in [1.29, 1.82) is 0 Å². The van der Waals surface area contributed by atoms with E-state index in [1.165, 1.54) is 28.0 Å². The van der Waals surface area contributed by atoms with E-state index in [4.69, 9.17) is 27.9 Å². The van der Waals surface area contributed by atoms with Crippen molar-refractivity contribution in [2.45, 2.75) is 22.7 Å². The molecule has 44 heavy (non-hydrogen) atoms. The Bertz CT molecular complexity index is 1850. The van der Waals surface area contributed by atoms with Crippen LogP contribution < -0.4 is 9.64 Å². The molecule has 1 aliphatic rings. The lowest BCUT2D eigenvalue weighted by Crippen LogP contribution is -2.29. The molecule has 1 amide bonds. The van der Waals surface area contributed by atoms with Crippen LogP contribution in [-0.4, -0.2) is 27.0 Å². The molecule has 1 N–H and O–H groups in total. The molecule has 0 saturated carbocycles. The predicted molar refractivity (Wildman–Crippen MR) is 174 cm³/mol. The van der Waals surface area contributed by atoms with E-state index in [2.05, 4.69) is 10.2 Å². The number of nitrogens with zero attached hydrogens (tertiary/aromatic N) is 3. The fourth-order valence-electron chi connectivity index (χ4n) is 4.71. The summed E-state index contributed by atoms with van der Waals surface area (Å²) in [5.74, 6) is -0.800.